The van der Waals surface area contributed by atoms with Crippen molar-refractivity contribution in [3.05, 3.63) is 0 Å². The Kier molecular flexibility index (Phi) is 6.71. The highest BCUT2D eigenvalue weighted by Gasteiger charge is 2.32. The first kappa shape index (κ1) is 17.3. The van der Waals surface area contributed by atoms with Gasteiger partial charge in [-0.1, -0.05) is 13.8 Å². The van der Waals surface area contributed by atoms with Crippen LogP contribution in [0.3, 0.4) is 0 Å². The monoisotopic (exact) mass is 257 g/mol. The van der Waals surface area contributed by atoms with Gasteiger partial charge in [0.15, 0.2) is 11.6 Å². The number of Topliss-reactive ketones (excluding diaryl/α,β-unsaturated/α-hetero) is 2. The number of hydrogen-bond acceptors (Lipinski definition) is 4. The van der Waals surface area contributed by atoms with Crippen LogP contribution in [-0.4, -0.2) is 36.9 Å². The summed E-state index contributed by atoms with van der Waals surface area (Å²) in [6, 6.07) is -0.309. The third kappa shape index (κ3) is 5.74. The molecule has 106 valence electrons. The Labute approximate surface area is 110 Å². The molecule has 0 radical (unpaired) electrons. The molecule has 0 aliphatic rings. The summed E-state index contributed by atoms with van der Waals surface area (Å²) >= 11 is 0. The lowest BCUT2D eigenvalue weighted by Gasteiger charge is -2.24. The first-order chi connectivity index (χ1) is 8.10. The zero-order chi connectivity index (χ0) is 14.5. The van der Waals surface area contributed by atoms with E-state index in [4.69, 9.17) is 4.74 Å². The molecule has 0 amide bonds. The molecule has 0 bridgehead atoms. The van der Waals surface area contributed by atoms with Gasteiger partial charge in [0.25, 0.3) is 0 Å². The minimum atomic E-state index is -0.588. The molecule has 0 heterocycles. The number of ketones is 2. The van der Waals surface area contributed by atoms with Crippen LogP contribution in [0, 0.1) is 11.8 Å². The minimum Gasteiger partial charge on any atom is -0.368 e. The first-order valence-corrected chi connectivity index (χ1v) is 6.47. The van der Waals surface area contributed by atoms with E-state index in [2.05, 4.69) is 5.32 Å². The van der Waals surface area contributed by atoms with Gasteiger partial charge in [-0.25, -0.2) is 0 Å². The fourth-order valence-electron chi connectivity index (χ4n) is 1.65. The predicted octanol–water partition coefficient (Wildman–Crippen LogP) is 1.82. The van der Waals surface area contributed by atoms with Gasteiger partial charge < -0.3 is 10.1 Å². The predicted molar refractivity (Wildman–Crippen MR) is 72.6 cm³/mol. The van der Waals surface area contributed by atoms with E-state index < -0.39 is 5.92 Å². The molecule has 0 aromatic heterocycles. The van der Waals surface area contributed by atoms with Crippen LogP contribution in [0.2, 0.25) is 0 Å². The Hall–Kier alpha value is -0.740. The van der Waals surface area contributed by atoms with Crippen LogP contribution in [0.5, 0.6) is 0 Å². The average molecular weight is 257 g/mol. The fourth-order valence-corrected chi connectivity index (χ4v) is 1.65. The van der Waals surface area contributed by atoms with Crippen molar-refractivity contribution < 1.29 is 14.3 Å². The van der Waals surface area contributed by atoms with Crippen molar-refractivity contribution in [1.82, 2.24) is 5.32 Å². The molecule has 0 spiro atoms. The molecule has 0 aliphatic carbocycles. The third-order valence-corrected chi connectivity index (χ3v) is 2.83. The molecule has 0 aromatic rings. The Morgan fingerprint density at radius 3 is 2.00 bits per heavy atom. The van der Waals surface area contributed by atoms with Gasteiger partial charge in [0.05, 0.1) is 17.6 Å². The Morgan fingerprint density at radius 2 is 1.67 bits per heavy atom. The smallest absolute Gasteiger partial charge is 0.169 e. The largest absolute Gasteiger partial charge is 0.368 e. The molecule has 0 saturated heterocycles. The van der Waals surface area contributed by atoms with E-state index in [1.165, 1.54) is 0 Å². The second-order valence-electron chi connectivity index (χ2n) is 6.00. The highest BCUT2D eigenvalue weighted by Crippen LogP contribution is 2.17. The molecule has 2 atom stereocenters. The Morgan fingerprint density at radius 1 is 1.17 bits per heavy atom. The summed E-state index contributed by atoms with van der Waals surface area (Å²) < 4.78 is 5.46. The van der Waals surface area contributed by atoms with Crippen LogP contribution >= 0.6 is 0 Å². The van der Waals surface area contributed by atoms with E-state index in [0.29, 0.717) is 0 Å². The van der Waals surface area contributed by atoms with E-state index in [1.807, 2.05) is 34.6 Å². The summed E-state index contributed by atoms with van der Waals surface area (Å²) in [5.41, 5.74) is -0.366. The molecule has 1 unspecified atom stereocenters. The zero-order valence-electron chi connectivity index (χ0n) is 12.7. The van der Waals surface area contributed by atoms with Crippen LogP contribution in [0.4, 0.5) is 0 Å². The van der Waals surface area contributed by atoms with Gasteiger partial charge in [-0.15, -0.1) is 0 Å². The van der Waals surface area contributed by atoms with E-state index in [9.17, 15) is 9.59 Å². The summed E-state index contributed by atoms with van der Waals surface area (Å²) in [4.78, 5) is 24.3. The van der Waals surface area contributed by atoms with Gasteiger partial charge in [0.1, 0.15) is 6.61 Å². The third-order valence-electron chi connectivity index (χ3n) is 2.83. The summed E-state index contributed by atoms with van der Waals surface area (Å²) in [5.74, 6) is -0.791. The molecular formula is C14H27NO3. The average Bonchev–Trinajstić information content (AvgIpc) is 2.23. The van der Waals surface area contributed by atoms with Crippen molar-refractivity contribution in [3.8, 4) is 0 Å². The number of likely N-dealkylation sites (N-methyl/N-ethyl adjacent to an activating group) is 1. The van der Waals surface area contributed by atoms with Crippen LogP contribution in [0.25, 0.3) is 0 Å². The van der Waals surface area contributed by atoms with E-state index in [1.54, 1.807) is 14.0 Å². The van der Waals surface area contributed by atoms with Gasteiger partial charge in [-0.05, 0) is 40.7 Å². The van der Waals surface area contributed by atoms with Crippen molar-refractivity contribution in [3.63, 3.8) is 0 Å². The van der Waals surface area contributed by atoms with Crippen molar-refractivity contribution in [2.45, 2.75) is 53.2 Å². The highest BCUT2D eigenvalue weighted by atomic mass is 16.5. The van der Waals surface area contributed by atoms with Crippen molar-refractivity contribution in [2.75, 3.05) is 13.7 Å². The van der Waals surface area contributed by atoms with Crippen LogP contribution in [0.1, 0.15) is 41.5 Å². The normalized spacial score (nSPS) is 15.6. The maximum absolute atomic E-state index is 12.1. The quantitative estimate of drug-likeness (QED) is 0.707. The van der Waals surface area contributed by atoms with Crippen molar-refractivity contribution >= 4 is 11.6 Å². The Bertz CT molecular complexity index is 292. The lowest BCUT2D eigenvalue weighted by molar-refractivity contribution is -0.141. The number of hydrogen-bond donors (Lipinski definition) is 1. The standard InChI is InChI=1S/C14H27NO3/c1-9(2)12(13(17)10(3)15-7)11(16)8-18-14(4,5)6/h9-10,12,15H,8H2,1-7H3/t10-,12?/m0/s1. The topological polar surface area (TPSA) is 55.4 Å². The molecule has 0 aliphatic heterocycles. The van der Waals surface area contributed by atoms with Gasteiger partial charge in [0.2, 0.25) is 0 Å². The Balaban J connectivity index is 4.71. The van der Waals surface area contributed by atoms with Gasteiger partial charge in [0, 0.05) is 0 Å². The van der Waals surface area contributed by atoms with Crippen molar-refractivity contribution in [1.29, 1.82) is 0 Å². The maximum Gasteiger partial charge on any atom is 0.169 e. The summed E-state index contributed by atoms with van der Waals surface area (Å²) in [5, 5.41) is 2.88. The van der Waals surface area contributed by atoms with Crippen LogP contribution in [-0.2, 0) is 14.3 Å². The molecule has 0 fully saturated rings. The summed E-state index contributed by atoms with van der Waals surface area (Å²) in [6.07, 6.45) is 0. The van der Waals surface area contributed by atoms with Gasteiger partial charge in [-0.3, -0.25) is 9.59 Å². The van der Waals surface area contributed by atoms with Gasteiger partial charge in [-0.2, -0.15) is 0 Å². The number of carbonyl (C=O) groups excluding carboxylic acids is 2. The number of nitrogens with one attached hydrogen (secondary N) is 1. The summed E-state index contributed by atoms with van der Waals surface area (Å²) in [6.45, 7) is 11.2. The molecule has 0 saturated carbocycles. The van der Waals surface area contributed by atoms with Crippen LogP contribution in [0.15, 0.2) is 0 Å². The molecular weight excluding hydrogens is 230 g/mol. The minimum absolute atomic E-state index is 0.00544. The highest BCUT2D eigenvalue weighted by molar-refractivity contribution is 6.05. The SMILES string of the molecule is CN[C@@H](C)C(=O)C(C(=O)COC(C)(C)C)C(C)C. The lowest BCUT2D eigenvalue weighted by Crippen LogP contribution is -2.43. The fraction of sp³-hybridized carbons (Fsp3) is 0.857. The van der Waals surface area contributed by atoms with Crippen molar-refractivity contribution in [2.24, 2.45) is 11.8 Å². The lowest BCUT2D eigenvalue weighted by atomic mass is 9.85. The van der Waals surface area contributed by atoms with Crippen LogP contribution < -0.4 is 5.32 Å². The number of carbonyl (C=O) groups is 2. The number of ether oxygens (including phenoxy) is 1. The summed E-state index contributed by atoms with van der Waals surface area (Å²) in [7, 11) is 1.72. The molecule has 18 heavy (non-hydrogen) atoms. The van der Waals surface area contributed by atoms with Gasteiger partial charge >= 0.3 is 0 Å². The first-order valence-electron chi connectivity index (χ1n) is 6.47. The van der Waals surface area contributed by atoms with E-state index in [-0.39, 0.29) is 35.7 Å². The maximum atomic E-state index is 12.1. The van der Waals surface area contributed by atoms with E-state index in [0.717, 1.165) is 0 Å². The number of rotatable bonds is 7. The molecule has 1 N–H and O–H groups in total. The molecule has 4 heteroatoms. The molecule has 4 nitrogen and oxygen atoms in total. The molecule has 0 rings (SSSR count). The van der Waals surface area contributed by atoms with E-state index >= 15 is 0 Å². The zero-order valence-corrected chi connectivity index (χ0v) is 12.7. The second kappa shape index (κ2) is 7.00. The molecule has 0 aromatic carbocycles. The second-order valence-corrected chi connectivity index (χ2v) is 6.00.